The van der Waals surface area contributed by atoms with Crippen LogP contribution >= 0.6 is 0 Å². The summed E-state index contributed by atoms with van der Waals surface area (Å²) in [5.41, 5.74) is 2.31. The van der Waals surface area contributed by atoms with Gasteiger partial charge >= 0.3 is 0 Å². The standard InChI is InChI=1S/C17H15N3O7/c1-2-25-15-7-12(20(23)24)5-11(16(15)21)8-18-19-17(22)10-3-4-13-14(6-10)27-9-26-13/h3-8,21H,2,9H2,1H3,(H,19,22)/b18-8-. The first-order valence-corrected chi connectivity index (χ1v) is 7.87. The Labute approximate surface area is 153 Å². The second-order valence-corrected chi connectivity index (χ2v) is 5.34. The molecule has 0 spiro atoms. The molecule has 2 aromatic rings. The van der Waals surface area contributed by atoms with E-state index in [2.05, 4.69) is 10.5 Å². The highest BCUT2D eigenvalue weighted by Gasteiger charge is 2.17. The van der Waals surface area contributed by atoms with Crippen LogP contribution in [0.2, 0.25) is 0 Å². The summed E-state index contributed by atoms with van der Waals surface area (Å²) >= 11 is 0. The molecule has 0 saturated heterocycles. The Balaban J connectivity index is 1.77. The number of amides is 1. The van der Waals surface area contributed by atoms with E-state index in [1.165, 1.54) is 12.1 Å². The van der Waals surface area contributed by atoms with Gasteiger partial charge in [-0.25, -0.2) is 5.43 Å². The van der Waals surface area contributed by atoms with Gasteiger partial charge < -0.3 is 19.3 Å². The first kappa shape index (κ1) is 18.0. The van der Waals surface area contributed by atoms with Crippen molar-refractivity contribution in [2.45, 2.75) is 6.92 Å². The number of carbonyl (C=O) groups is 1. The van der Waals surface area contributed by atoms with Gasteiger partial charge in [-0.15, -0.1) is 0 Å². The molecule has 1 heterocycles. The average molecular weight is 373 g/mol. The molecule has 0 aliphatic carbocycles. The Morgan fingerprint density at radius 3 is 2.89 bits per heavy atom. The van der Waals surface area contributed by atoms with Crippen molar-refractivity contribution in [1.29, 1.82) is 0 Å². The van der Waals surface area contributed by atoms with Gasteiger partial charge in [-0.05, 0) is 25.1 Å². The predicted molar refractivity (Wildman–Crippen MR) is 93.6 cm³/mol. The number of benzene rings is 2. The van der Waals surface area contributed by atoms with E-state index in [4.69, 9.17) is 14.2 Å². The van der Waals surface area contributed by atoms with Crippen LogP contribution in [0.5, 0.6) is 23.0 Å². The van der Waals surface area contributed by atoms with Crippen molar-refractivity contribution in [3.63, 3.8) is 0 Å². The van der Waals surface area contributed by atoms with E-state index in [-0.39, 0.29) is 41.7 Å². The topological polar surface area (TPSA) is 133 Å². The van der Waals surface area contributed by atoms with Gasteiger partial charge in [0.25, 0.3) is 11.6 Å². The average Bonchev–Trinajstić information content (AvgIpc) is 3.12. The Hall–Kier alpha value is -3.82. The minimum absolute atomic E-state index is 0.0265. The molecule has 0 aromatic heterocycles. The van der Waals surface area contributed by atoms with Crippen molar-refractivity contribution in [2.75, 3.05) is 13.4 Å². The van der Waals surface area contributed by atoms with Gasteiger partial charge in [0.05, 0.1) is 23.8 Å². The van der Waals surface area contributed by atoms with E-state index >= 15 is 0 Å². The highest BCUT2D eigenvalue weighted by Crippen LogP contribution is 2.34. The molecule has 1 aliphatic heterocycles. The number of phenolic OH excluding ortho intramolecular Hbond substituents is 1. The predicted octanol–water partition coefficient (Wildman–Crippen LogP) is 2.19. The molecule has 2 N–H and O–H groups in total. The number of hydrogen-bond acceptors (Lipinski definition) is 8. The Kier molecular flexibility index (Phi) is 5.06. The summed E-state index contributed by atoms with van der Waals surface area (Å²) in [5.74, 6) is 0.0996. The number of nitrogens with one attached hydrogen (secondary N) is 1. The van der Waals surface area contributed by atoms with Crippen LogP contribution in [0.15, 0.2) is 35.4 Å². The molecule has 0 saturated carbocycles. The number of carbonyl (C=O) groups excluding carboxylic acids is 1. The fourth-order valence-corrected chi connectivity index (χ4v) is 2.35. The smallest absolute Gasteiger partial charge is 0.274 e. The van der Waals surface area contributed by atoms with Crippen molar-refractivity contribution < 1.29 is 29.0 Å². The normalized spacial score (nSPS) is 12.2. The monoisotopic (exact) mass is 373 g/mol. The number of hydrogen-bond donors (Lipinski definition) is 2. The van der Waals surface area contributed by atoms with Crippen molar-refractivity contribution >= 4 is 17.8 Å². The third kappa shape index (κ3) is 3.89. The second-order valence-electron chi connectivity index (χ2n) is 5.34. The van der Waals surface area contributed by atoms with E-state index in [1.807, 2.05) is 0 Å². The summed E-state index contributed by atoms with van der Waals surface area (Å²) in [5, 5.41) is 24.9. The second kappa shape index (κ2) is 7.60. The molecule has 140 valence electrons. The van der Waals surface area contributed by atoms with Gasteiger partial charge in [0.15, 0.2) is 23.0 Å². The molecule has 10 heteroatoms. The Bertz CT molecular complexity index is 927. The van der Waals surface area contributed by atoms with Crippen LogP contribution in [0.4, 0.5) is 5.69 Å². The summed E-state index contributed by atoms with van der Waals surface area (Å²) in [6.07, 6.45) is 1.09. The first-order valence-electron chi connectivity index (χ1n) is 7.87. The van der Waals surface area contributed by atoms with Crippen LogP contribution < -0.4 is 19.6 Å². The number of hydrazone groups is 1. The lowest BCUT2D eigenvalue weighted by molar-refractivity contribution is -0.385. The maximum absolute atomic E-state index is 12.1. The number of rotatable bonds is 6. The third-order valence-electron chi connectivity index (χ3n) is 3.60. The zero-order chi connectivity index (χ0) is 19.4. The molecule has 3 rings (SSSR count). The number of non-ortho nitro benzene ring substituents is 1. The van der Waals surface area contributed by atoms with Crippen molar-refractivity contribution in [3.05, 3.63) is 51.6 Å². The van der Waals surface area contributed by atoms with Crippen LogP contribution in [0, 0.1) is 10.1 Å². The highest BCUT2D eigenvalue weighted by atomic mass is 16.7. The molecule has 1 amide bonds. The molecule has 2 aromatic carbocycles. The zero-order valence-electron chi connectivity index (χ0n) is 14.2. The van der Waals surface area contributed by atoms with Crippen molar-refractivity contribution in [2.24, 2.45) is 5.10 Å². The number of nitrogens with zero attached hydrogens (tertiary/aromatic N) is 2. The van der Waals surface area contributed by atoms with Gasteiger partial charge in [0.2, 0.25) is 6.79 Å². The van der Waals surface area contributed by atoms with Gasteiger partial charge in [-0.3, -0.25) is 14.9 Å². The van der Waals surface area contributed by atoms with Crippen LogP contribution in [0.3, 0.4) is 0 Å². The van der Waals surface area contributed by atoms with E-state index in [0.29, 0.717) is 11.5 Å². The summed E-state index contributed by atoms with van der Waals surface area (Å²) < 4.78 is 15.5. The molecule has 1 aliphatic rings. The van der Waals surface area contributed by atoms with E-state index < -0.39 is 10.8 Å². The molecule has 0 bridgehead atoms. The van der Waals surface area contributed by atoms with Crippen LogP contribution in [-0.4, -0.2) is 35.6 Å². The molecular formula is C17H15N3O7. The first-order chi connectivity index (χ1) is 13.0. The number of nitro benzene ring substituents is 1. The number of fused-ring (bicyclic) bond motifs is 1. The fraction of sp³-hybridized carbons (Fsp3) is 0.176. The van der Waals surface area contributed by atoms with E-state index in [1.54, 1.807) is 13.0 Å². The summed E-state index contributed by atoms with van der Waals surface area (Å²) in [7, 11) is 0. The van der Waals surface area contributed by atoms with Gasteiger partial charge in [-0.1, -0.05) is 0 Å². The maximum atomic E-state index is 12.1. The lowest BCUT2D eigenvalue weighted by Gasteiger charge is -2.08. The SMILES string of the molecule is CCOc1cc([N+](=O)[O-])cc(/C=N\NC(=O)c2ccc3c(c2)OCO3)c1O. The zero-order valence-corrected chi connectivity index (χ0v) is 14.2. The van der Waals surface area contributed by atoms with Gasteiger partial charge in [-0.2, -0.15) is 5.10 Å². The lowest BCUT2D eigenvalue weighted by atomic mass is 10.1. The van der Waals surface area contributed by atoms with Crippen molar-refractivity contribution in [3.8, 4) is 23.0 Å². The molecule has 0 fully saturated rings. The lowest BCUT2D eigenvalue weighted by Crippen LogP contribution is -2.17. The number of ether oxygens (including phenoxy) is 3. The molecule has 0 radical (unpaired) electrons. The molecule has 0 atom stereocenters. The molecule has 0 unspecified atom stereocenters. The highest BCUT2D eigenvalue weighted by molar-refractivity contribution is 5.96. The third-order valence-corrected chi connectivity index (χ3v) is 3.60. The van der Waals surface area contributed by atoms with Gasteiger partial charge in [0, 0.05) is 17.2 Å². The minimum atomic E-state index is -0.621. The fourth-order valence-electron chi connectivity index (χ4n) is 2.35. The molecular weight excluding hydrogens is 358 g/mol. The summed E-state index contributed by atoms with van der Waals surface area (Å²) in [6, 6.07) is 6.87. The quantitative estimate of drug-likeness (QED) is 0.450. The van der Waals surface area contributed by atoms with Crippen LogP contribution in [-0.2, 0) is 0 Å². The maximum Gasteiger partial charge on any atom is 0.274 e. The molecule has 10 nitrogen and oxygen atoms in total. The minimum Gasteiger partial charge on any atom is -0.504 e. The molecule has 27 heavy (non-hydrogen) atoms. The Morgan fingerprint density at radius 1 is 1.37 bits per heavy atom. The number of aromatic hydroxyl groups is 1. The van der Waals surface area contributed by atoms with E-state index in [0.717, 1.165) is 18.3 Å². The van der Waals surface area contributed by atoms with Gasteiger partial charge in [0.1, 0.15) is 0 Å². The number of phenols is 1. The Morgan fingerprint density at radius 2 is 2.15 bits per heavy atom. The number of nitro groups is 1. The summed E-state index contributed by atoms with van der Waals surface area (Å²) in [4.78, 5) is 22.5. The summed E-state index contributed by atoms with van der Waals surface area (Å²) in [6.45, 7) is 1.98. The van der Waals surface area contributed by atoms with Crippen LogP contribution in [0.25, 0.3) is 0 Å². The van der Waals surface area contributed by atoms with E-state index in [9.17, 15) is 20.0 Å². The van der Waals surface area contributed by atoms with Crippen molar-refractivity contribution in [1.82, 2.24) is 5.43 Å². The largest absolute Gasteiger partial charge is 0.504 e. The van der Waals surface area contributed by atoms with Crippen LogP contribution in [0.1, 0.15) is 22.8 Å².